The van der Waals surface area contributed by atoms with Crippen molar-refractivity contribution >= 4 is 35.5 Å². The highest BCUT2D eigenvalue weighted by molar-refractivity contribution is 6.30. The molecule has 4 aromatic rings. The Morgan fingerprint density at radius 3 is 1.87 bits per heavy atom. The van der Waals surface area contributed by atoms with Crippen LogP contribution in [0.5, 0.6) is 0 Å². The Hall–Kier alpha value is -5.39. The molecule has 0 radical (unpaired) electrons. The molecule has 0 saturated heterocycles. The molecule has 0 saturated carbocycles. The van der Waals surface area contributed by atoms with Crippen LogP contribution in [0.2, 0.25) is 5.02 Å². The molecule has 0 aromatic heterocycles. The van der Waals surface area contributed by atoms with Crippen molar-refractivity contribution in [1.82, 2.24) is 20.9 Å². The van der Waals surface area contributed by atoms with Crippen LogP contribution in [0.1, 0.15) is 42.5 Å². The van der Waals surface area contributed by atoms with E-state index in [2.05, 4.69) is 16.0 Å². The van der Waals surface area contributed by atoms with E-state index in [0.29, 0.717) is 10.6 Å². The number of ether oxygens (including phenoxy) is 1. The smallest absolute Gasteiger partial charge is 0.407 e. The first kappa shape index (κ1) is 40.4. The predicted octanol–water partition coefficient (Wildman–Crippen LogP) is 5.38. The number of rotatable bonds is 18. The van der Waals surface area contributed by atoms with Crippen LogP contribution in [-0.2, 0) is 40.3 Å². The predicted molar refractivity (Wildman–Crippen MR) is 205 cm³/mol. The molecule has 0 aliphatic heterocycles. The topological polar surface area (TPSA) is 163 Å². The lowest BCUT2D eigenvalue weighted by Gasteiger charge is -2.32. The molecular formula is C41H48ClN5O6. The number of hydrogen-bond donors (Lipinski definition) is 5. The average molecular weight is 742 g/mol. The van der Waals surface area contributed by atoms with Crippen LogP contribution in [0.15, 0.2) is 115 Å². The van der Waals surface area contributed by atoms with E-state index >= 15 is 0 Å². The first-order chi connectivity index (χ1) is 25.5. The van der Waals surface area contributed by atoms with E-state index in [9.17, 15) is 24.3 Å². The van der Waals surface area contributed by atoms with Crippen molar-refractivity contribution in [2.45, 2.75) is 70.5 Å². The minimum absolute atomic E-state index is 0.0134. The number of nitrogens with two attached hydrogens (primary N) is 1. The van der Waals surface area contributed by atoms with Crippen LogP contribution in [0.3, 0.4) is 0 Å². The van der Waals surface area contributed by atoms with Gasteiger partial charge in [-0.3, -0.25) is 9.59 Å². The van der Waals surface area contributed by atoms with E-state index in [1.807, 2.05) is 105 Å². The van der Waals surface area contributed by atoms with Gasteiger partial charge in [0, 0.05) is 18.0 Å². The summed E-state index contributed by atoms with van der Waals surface area (Å²) in [5.74, 6) is -1.29. The largest absolute Gasteiger partial charge is 0.445 e. The zero-order valence-corrected chi connectivity index (χ0v) is 30.7. The number of carbonyl (C=O) groups is 4. The van der Waals surface area contributed by atoms with Crippen LogP contribution >= 0.6 is 11.6 Å². The number of primary amides is 1. The summed E-state index contributed by atoms with van der Waals surface area (Å²) in [7, 11) is 0. The second-order valence-corrected chi connectivity index (χ2v) is 13.8. The molecule has 6 N–H and O–H groups in total. The maximum absolute atomic E-state index is 14.1. The number of hydrogen-bond acceptors (Lipinski definition) is 6. The number of alkyl carbamates (subject to hydrolysis) is 1. The molecule has 0 fully saturated rings. The Morgan fingerprint density at radius 1 is 0.736 bits per heavy atom. The molecule has 280 valence electrons. The Labute approximate surface area is 315 Å². The third-order valence-corrected chi connectivity index (χ3v) is 8.74. The Kier molecular flexibility index (Phi) is 15.7. The summed E-state index contributed by atoms with van der Waals surface area (Å²) in [6.07, 6.45) is -1.32. The minimum Gasteiger partial charge on any atom is -0.445 e. The summed E-state index contributed by atoms with van der Waals surface area (Å²) in [5.41, 5.74) is 8.81. The Morgan fingerprint density at radius 2 is 1.30 bits per heavy atom. The summed E-state index contributed by atoms with van der Waals surface area (Å²) < 4.78 is 5.46. The summed E-state index contributed by atoms with van der Waals surface area (Å²) in [5, 5.41) is 20.5. The second kappa shape index (κ2) is 20.6. The summed E-state index contributed by atoms with van der Waals surface area (Å²) >= 11 is 6.28. The molecule has 5 amide bonds. The number of carbonyl (C=O) groups excluding carboxylic acids is 4. The van der Waals surface area contributed by atoms with E-state index in [4.69, 9.17) is 22.1 Å². The number of halogens is 1. The maximum atomic E-state index is 14.1. The first-order valence-corrected chi connectivity index (χ1v) is 18.0. The average Bonchev–Trinajstić information content (AvgIpc) is 3.14. The van der Waals surface area contributed by atoms with Gasteiger partial charge in [-0.1, -0.05) is 129 Å². The van der Waals surface area contributed by atoms with Crippen LogP contribution in [-0.4, -0.2) is 64.7 Å². The number of urea groups is 1. The standard InChI is InChI=1S/C41H48ClN5O6/c1-28(2)21-36(39(50)44-35(38(43)49)24-30-15-8-4-9-16-30)45-40(51)47(25-32-19-12-20-33(42)22-32)26-37(48)34(23-29-13-6-3-7-14-29)46-41(52)53-27-31-17-10-5-11-18-31/h3-20,22,28,34-37,48H,21,23-27H2,1-2H3,(H2,43,49)(H,44,50)(H,45,51)(H,46,52)/t34-,35-,36-,37+/m0/s1. The highest BCUT2D eigenvalue weighted by Crippen LogP contribution is 2.16. The monoisotopic (exact) mass is 741 g/mol. The summed E-state index contributed by atoms with van der Waals surface area (Å²) in [6, 6.07) is 31.1. The number of aliphatic hydroxyl groups is 1. The molecule has 0 heterocycles. The van der Waals surface area contributed by atoms with Gasteiger partial charge in [-0.15, -0.1) is 0 Å². The van der Waals surface area contributed by atoms with Gasteiger partial charge in [0.2, 0.25) is 11.8 Å². The van der Waals surface area contributed by atoms with E-state index in [-0.39, 0.29) is 44.9 Å². The molecular weight excluding hydrogens is 694 g/mol. The SMILES string of the molecule is CC(C)C[C@H](NC(=O)N(Cc1cccc(Cl)c1)C[C@@H](O)[C@H](Cc1ccccc1)NC(=O)OCc1ccccc1)C(=O)N[C@@H](Cc1ccccc1)C(N)=O. The van der Waals surface area contributed by atoms with Gasteiger partial charge in [-0.2, -0.15) is 0 Å². The normalized spacial score (nSPS) is 13.2. The van der Waals surface area contributed by atoms with Crippen LogP contribution in [0.25, 0.3) is 0 Å². The zero-order chi connectivity index (χ0) is 38.2. The molecule has 11 nitrogen and oxygen atoms in total. The van der Waals surface area contributed by atoms with E-state index < -0.39 is 48.2 Å². The van der Waals surface area contributed by atoms with Crippen molar-refractivity contribution in [3.63, 3.8) is 0 Å². The van der Waals surface area contributed by atoms with Crippen molar-refractivity contribution in [2.24, 2.45) is 11.7 Å². The highest BCUT2D eigenvalue weighted by Gasteiger charge is 2.31. The highest BCUT2D eigenvalue weighted by atomic mass is 35.5. The van der Waals surface area contributed by atoms with Gasteiger partial charge in [0.15, 0.2) is 0 Å². The number of amides is 5. The van der Waals surface area contributed by atoms with Gasteiger partial charge >= 0.3 is 12.1 Å². The third-order valence-electron chi connectivity index (χ3n) is 8.50. The van der Waals surface area contributed by atoms with Gasteiger partial charge < -0.3 is 36.4 Å². The van der Waals surface area contributed by atoms with Crippen LogP contribution in [0, 0.1) is 5.92 Å². The maximum Gasteiger partial charge on any atom is 0.407 e. The molecule has 0 bridgehead atoms. The third kappa shape index (κ3) is 13.9. The molecule has 0 unspecified atom stereocenters. The molecule has 0 spiro atoms. The number of nitrogens with zero attached hydrogens (tertiary/aromatic N) is 1. The van der Waals surface area contributed by atoms with Crippen molar-refractivity contribution in [3.05, 3.63) is 143 Å². The minimum atomic E-state index is -1.27. The molecule has 4 rings (SSSR count). The van der Waals surface area contributed by atoms with Crippen molar-refractivity contribution in [1.29, 1.82) is 0 Å². The summed E-state index contributed by atoms with van der Waals surface area (Å²) in [4.78, 5) is 54.6. The van der Waals surface area contributed by atoms with E-state index in [0.717, 1.165) is 16.7 Å². The number of nitrogens with one attached hydrogen (secondary N) is 3. The van der Waals surface area contributed by atoms with Crippen molar-refractivity contribution in [2.75, 3.05) is 6.54 Å². The van der Waals surface area contributed by atoms with Crippen LogP contribution < -0.4 is 21.7 Å². The lowest BCUT2D eigenvalue weighted by molar-refractivity contribution is -0.128. The first-order valence-electron chi connectivity index (χ1n) is 17.6. The van der Waals surface area contributed by atoms with Gasteiger partial charge in [0.1, 0.15) is 18.7 Å². The van der Waals surface area contributed by atoms with Gasteiger partial charge in [-0.25, -0.2) is 9.59 Å². The summed E-state index contributed by atoms with van der Waals surface area (Å²) in [6.45, 7) is 3.64. The van der Waals surface area contributed by atoms with Crippen molar-refractivity contribution < 1.29 is 29.0 Å². The molecule has 12 heteroatoms. The van der Waals surface area contributed by atoms with Gasteiger partial charge in [-0.05, 0) is 53.1 Å². The Balaban J connectivity index is 1.55. The molecule has 0 aliphatic rings. The molecule has 4 atom stereocenters. The molecule has 53 heavy (non-hydrogen) atoms. The molecule has 0 aliphatic carbocycles. The zero-order valence-electron chi connectivity index (χ0n) is 30.0. The number of benzene rings is 4. The van der Waals surface area contributed by atoms with Crippen LogP contribution in [0.4, 0.5) is 9.59 Å². The van der Waals surface area contributed by atoms with Gasteiger partial charge in [0.05, 0.1) is 18.7 Å². The van der Waals surface area contributed by atoms with E-state index in [1.54, 1.807) is 24.3 Å². The van der Waals surface area contributed by atoms with E-state index in [1.165, 1.54) is 4.90 Å². The Bertz CT molecular complexity index is 1760. The fourth-order valence-electron chi connectivity index (χ4n) is 5.78. The number of aliphatic hydroxyl groups excluding tert-OH is 1. The fraction of sp³-hybridized carbons (Fsp3) is 0.317. The van der Waals surface area contributed by atoms with Crippen molar-refractivity contribution in [3.8, 4) is 0 Å². The molecule has 4 aromatic carbocycles. The van der Waals surface area contributed by atoms with Gasteiger partial charge in [0.25, 0.3) is 0 Å². The second-order valence-electron chi connectivity index (χ2n) is 13.4. The lowest BCUT2D eigenvalue weighted by Crippen LogP contribution is -2.57. The fourth-order valence-corrected chi connectivity index (χ4v) is 6.00. The lowest BCUT2D eigenvalue weighted by atomic mass is 10.0. The quantitative estimate of drug-likeness (QED) is 0.0920.